The third-order valence-electron chi connectivity index (χ3n) is 5.64. The topological polar surface area (TPSA) is 85.2 Å². The summed E-state index contributed by atoms with van der Waals surface area (Å²) in [6.45, 7) is 6.71. The molecule has 0 bridgehead atoms. The third kappa shape index (κ3) is 7.72. The van der Waals surface area contributed by atoms with Crippen LogP contribution in [0, 0.1) is 23.7 Å². The summed E-state index contributed by atoms with van der Waals surface area (Å²) < 4.78 is 10.4. The highest BCUT2D eigenvalue weighted by Crippen LogP contribution is 2.44. The molecule has 0 amide bonds. The van der Waals surface area contributed by atoms with Crippen LogP contribution in [0.4, 0.5) is 0 Å². The molecule has 0 radical (unpaired) electrons. The summed E-state index contributed by atoms with van der Waals surface area (Å²) in [5, 5.41) is 18.4. The Hall–Kier alpha value is -0.340. The lowest BCUT2D eigenvalue weighted by Gasteiger charge is -2.39. The molecule has 1 aliphatic carbocycles. The van der Waals surface area contributed by atoms with Gasteiger partial charge in [-0.3, -0.25) is 4.79 Å². The number of carbonyl (C=O) groups is 1. The number of rotatable bonds is 6. The van der Waals surface area contributed by atoms with Crippen molar-refractivity contribution in [3.8, 4) is 0 Å². The predicted octanol–water partition coefficient (Wildman–Crippen LogP) is 4.02. The summed E-state index contributed by atoms with van der Waals surface area (Å²) in [5.74, 6) is 1.73. The van der Waals surface area contributed by atoms with E-state index in [1.807, 2.05) is 0 Å². The van der Waals surface area contributed by atoms with Gasteiger partial charge in [-0.05, 0) is 55.6 Å². The molecule has 2 N–H and O–H groups in total. The number of aliphatic hydroxyl groups excluding tert-OH is 1. The predicted molar refractivity (Wildman–Crippen MR) is 107 cm³/mol. The smallest absolute Gasteiger partial charge is 0.302 e. The van der Waals surface area contributed by atoms with E-state index in [-0.39, 0.29) is 15.4 Å². The van der Waals surface area contributed by atoms with Crippen molar-refractivity contribution in [2.45, 2.75) is 65.1 Å². The first kappa shape index (κ1) is 23.7. The second kappa shape index (κ2) is 12.2. The number of thiol groups is 1. The Morgan fingerprint density at radius 3 is 2.73 bits per heavy atom. The van der Waals surface area contributed by atoms with Crippen LogP contribution < -0.4 is 0 Å². The SMILES string of the molecule is CC(=O)OCCCS.C[C@@H](CO)C1CCCC2CCC(C)(OO)OCC21.[HH].[HH]. The highest BCUT2D eigenvalue weighted by molar-refractivity contribution is 7.80. The Morgan fingerprint density at radius 2 is 2.15 bits per heavy atom. The first-order valence-electron chi connectivity index (χ1n) is 9.68. The molecule has 158 valence electrons. The van der Waals surface area contributed by atoms with Crippen LogP contribution in [-0.2, 0) is 19.2 Å². The molecule has 1 saturated carbocycles. The van der Waals surface area contributed by atoms with Gasteiger partial charge in [0.1, 0.15) is 0 Å². The molecule has 1 aliphatic heterocycles. The van der Waals surface area contributed by atoms with E-state index in [1.165, 1.54) is 26.2 Å². The Morgan fingerprint density at radius 1 is 1.42 bits per heavy atom. The van der Waals surface area contributed by atoms with Gasteiger partial charge in [-0.2, -0.15) is 12.6 Å². The van der Waals surface area contributed by atoms with Gasteiger partial charge in [0.05, 0.1) is 13.2 Å². The Balaban J connectivity index is 0. The van der Waals surface area contributed by atoms with Crippen molar-refractivity contribution in [1.29, 1.82) is 0 Å². The molecular weight excluding hydrogens is 356 g/mol. The maximum Gasteiger partial charge on any atom is 0.302 e. The van der Waals surface area contributed by atoms with Gasteiger partial charge < -0.3 is 14.6 Å². The highest BCUT2D eigenvalue weighted by atomic mass is 32.1. The lowest BCUT2D eigenvalue weighted by Crippen LogP contribution is -2.36. The van der Waals surface area contributed by atoms with Crippen molar-refractivity contribution in [1.82, 2.24) is 0 Å². The highest BCUT2D eigenvalue weighted by Gasteiger charge is 2.41. The molecule has 5 atom stereocenters. The van der Waals surface area contributed by atoms with Crippen LogP contribution >= 0.6 is 12.6 Å². The second-order valence-corrected chi connectivity index (χ2v) is 8.12. The zero-order valence-corrected chi connectivity index (χ0v) is 17.2. The molecule has 0 aromatic heterocycles. The molecule has 1 heterocycles. The zero-order valence-electron chi connectivity index (χ0n) is 16.4. The molecule has 0 aromatic carbocycles. The molecule has 0 spiro atoms. The van der Waals surface area contributed by atoms with Crippen molar-refractivity contribution in [2.24, 2.45) is 23.7 Å². The Labute approximate surface area is 165 Å². The fourth-order valence-corrected chi connectivity index (χ4v) is 4.13. The van der Waals surface area contributed by atoms with Crippen molar-refractivity contribution < 1.29 is 32.4 Å². The normalized spacial score (nSPS) is 32.5. The van der Waals surface area contributed by atoms with Gasteiger partial charge >= 0.3 is 5.97 Å². The van der Waals surface area contributed by atoms with E-state index in [2.05, 4.69) is 29.2 Å². The summed E-state index contributed by atoms with van der Waals surface area (Å²) in [5.41, 5.74) is 0. The number of hydrogen-bond acceptors (Lipinski definition) is 7. The zero-order chi connectivity index (χ0) is 19.6. The minimum Gasteiger partial charge on any atom is -0.466 e. The van der Waals surface area contributed by atoms with E-state index in [9.17, 15) is 9.90 Å². The molecule has 7 heteroatoms. The van der Waals surface area contributed by atoms with Crippen molar-refractivity contribution in [3.63, 3.8) is 0 Å². The molecule has 2 aliphatic rings. The number of carbonyl (C=O) groups excluding carboxylic acids is 1. The maximum atomic E-state index is 10.1. The van der Waals surface area contributed by atoms with Crippen LogP contribution in [0.15, 0.2) is 0 Å². The van der Waals surface area contributed by atoms with Crippen LogP contribution in [-0.4, -0.2) is 47.7 Å². The van der Waals surface area contributed by atoms with Crippen LogP contribution in [0.1, 0.15) is 62.1 Å². The second-order valence-electron chi connectivity index (χ2n) is 7.67. The molecule has 26 heavy (non-hydrogen) atoms. The summed E-state index contributed by atoms with van der Waals surface area (Å²) in [4.78, 5) is 14.6. The van der Waals surface area contributed by atoms with Crippen LogP contribution in [0.2, 0.25) is 0 Å². The third-order valence-corrected chi connectivity index (χ3v) is 5.95. The van der Waals surface area contributed by atoms with Gasteiger partial charge in [0, 0.05) is 22.8 Å². The Kier molecular flexibility index (Phi) is 11.1. The van der Waals surface area contributed by atoms with Gasteiger partial charge in [0.25, 0.3) is 0 Å². The van der Waals surface area contributed by atoms with Gasteiger partial charge in [-0.15, -0.1) is 0 Å². The molecule has 2 fully saturated rings. The summed E-state index contributed by atoms with van der Waals surface area (Å²) in [6, 6.07) is 0. The molecule has 6 nitrogen and oxygen atoms in total. The van der Waals surface area contributed by atoms with E-state index < -0.39 is 5.79 Å². The fourth-order valence-electron chi connectivity index (χ4n) is 4.00. The standard InChI is InChI=1S/C14H26O4.C5H10O2S.2H2/c1-10(8-15)12-5-3-4-11-6-7-14(2,18-16)17-9-13(11)12;1-5(6)7-3-2-4-8;;/h10-13,15-16H,3-9H2,1-2H3;8H,2-4H2,1H3;2*1H/t10-,11?,12?,13?,14?;;;/m0.../s1. The monoisotopic (exact) mass is 396 g/mol. The van der Waals surface area contributed by atoms with Gasteiger partial charge in [-0.25, -0.2) is 10.1 Å². The molecule has 2 rings (SSSR count). The van der Waals surface area contributed by atoms with E-state index in [4.69, 9.17) is 9.99 Å². The van der Waals surface area contributed by atoms with Crippen molar-refractivity contribution in [3.05, 3.63) is 0 Å². The number of ether oxygens (including phenoxy) is 2. The minimum absolute atomic E-state index is 0. The summed E-state index contributed by atoms with van der Waals surface area (Å²) >= 11 is 3.93. The average Bonchev–Trinajstić information content (AvgIpc) is 2.81. The minimum atomic E-state index is -0.843. The number of hydrogen-bond donors (Lipinski definition) is 3. The van der Waals surface area contributed by atoms with E-state index in [0.29, 0.717) is 36.9 Å². The van der Waals surface area contributed by atoms with Gasteiger partial charge in [-0.1, -0.05) is 19.8 Å². The quantitative estimate of drug-likeness (QED) is 0.207. The summed E-state index contributed by atoms with van der Waals surface area (Å²) in [7, 11) is 0. The van der Waals surface area contributed by atoms with Gasteiger partial charge in [0.2, 0.25) is 0 Å². The van der Waals surface area contributed by atoms with E-state index in [1.54, 1.807) is 6.92 Å². The van der Waals surface area contributed by atoms with Crippen molar-refractivity contribution in [2.75, 3.05) is 25.6 Å². The van der Waals surface area contributed by atoms with E-state index in [0.717, 1.165) is 25.0 Å². The summed E-state index contributed by atoms with van der Waals surface area (Å²) in [6.07, 6.45) is 6.28. The number of esters is 1. The van der Waals surface area contributed by atoms with Crippen LogP contribution in [0.25, 0.3) is 0 Å². The lowest BCUT2D eigenvalue weighted by molar-refractivity contribution is -0.399. The Bertz CT molecular complexity index is 418. The van der Waals surface area contributed by atoms with E-state index >= 15 is 0 Å². The molecule has 0 aromatic rings. The van der Waals surface area contributed by atoms with Crippen LogP contribution in [0.5, 0.6) is 0 Å². The molecule has 4 unspecified atom stereocenters. The maximum absolute atomic E-state index is 10.1. The van der Waals surface area contributed by atoms with Crippen molar-refractivity contribution >= 4 is 18.6 Å². The molecule has 1 saturated heterocycles. The largest absolute Gasteiger partial charge is 0.466 e. The van der Waals surface area contributed by atoms with Crippen LogP contribution in [0.3, 0.4) is 0 Å². The number of aliphatic hydroxyl groups is 1. The average molecular weight is 397 g/mol. The lowest BCUT2D eigenvalue weighted by atomic mass is 9.67. The van der Waals surface area contributed by atoms with Gasteiger partial charge in [0.15, 0.2) is 5.79 Å². The first-order valence-corrected chi connectivity index (χ1v) is 10.3. The first-order chi connectivity index (χ1) is 12.4. The fraction of sp³-hybridized carbons (Fsp3) is 0.947. The number of fused-ring (bicyclic) bond motifs is 1. The molecular formula is C19H40O6S.